The highest BCUT2D eigenvalue weighted by atomic mass is 35.5. The van der Waals surface area contributed by atoms with E-state index in [0.717, 1.165) is 16.7 Å². The number of anilines is 1. The molecule has 1 atom stereocenters. The van der Waals surface area contributed by atoms with Gasteiger partial charge in [-0.15, -0.1) is 11.8 Å². The molecular weight excluding hydrogens is 588 g/mol. The summed E-state index contributed by atoms with van der Waals surface area (Å²) in [5.74, 6) is 1.58. The Bertz CT molecular complexity index is 1580. The zero-order chi connectivity index (χ0) is 30.3. The molecule has 2 heterocycles. The van der Waals surface area contributed by atoms with E-state index in [-0.39, 0.29) is 29.4 Å². The molecule has 4 aromatic rings. The zero-order valence-electron chi connectivity index (χ0n) is 24.2. The van der Waals surface area contributed by atoms with E-state index in [2.05, 4.69) is 5.32 Å². The van der Waals surface area contributed by atoms with Gasteiger partial charge in [0.2, 0.25) is 11.8 Å². The van der Waals surface area contributed by atoms with Crippen LogP contribution in [0.5, 0.6) is 11.5 Å². The van der Waals surface area contributed by atoms with Gasteiger partial charge in [0.15, 0.2) is 0 Å². The number of amides is 2. The molecule has 9 nitrogen and oxygen atoms in total. The number of aromatic nitrogens is 2. The van der Waals surface area contributed by atoms with Crippen molar-refractivity contribution in [2.45, 2.75) is 11.7 Å². The summed E-state index contributed by atoms with van der Waals surface area (Å²) in [4.78, 5) is 28.6. The van der Waals surface area contributed by atoms with Crippen LogP contribution in [0.4, 0.5) is 5.82 Å². The van der Waals surface area contributed by atoms with E-state index < -0.39 is 0 Å². The standard InChI is InChI=1S/C32H33ClN4O5S/c1-40-18-6-17-34-27(38)19-36-28(39)20-43-31(25-7-4-5-8-26(25)42-3)29-30(21-9-11-22(33)12-10-21)35-37(32(29)36)23-13-15-24(41-2)16-14-23/h4-5,7-16,31H,6,17-20H2,1-3H3,(H,34,38)/t31-/m1/s1. The third-order valence-corrected chi connectivity index (χ3v) is 8.58. The fourth-order valence-electron chi connectivity index (χ4n) is 5.02. The summed E-state index contributed by atoms with van der Waals surface area (Å²) in [5.41, 5.74) is 3.91. The van der Waals surface area contributed by atoms with Crippen LogP contribution in [-0.2, 0) is 14.3 Å². The summed E-state index contributed by atoms with van der Waals surface area (Å²) < 4.78 is 18.0. The van der Waals surface area contributed by atoms with Crippen molar-refractivity contribution in [2.24, 2.45) is 0 Å². The lowest BCUT2D eigenvalue weighted by atomic mass is 9.99. The summed E-state index contributed by atoms with van der Waals surface area (Å²) in [6.07, 6.45) is 0.664. The highest BCUT2D eigenvalue weighted by molar-refractivity contribution is 8.00. The third-order valence-electron chi connectivity index (χ3n) is 7.09. The Balaban J connectivity index is 1.74. The maximum Gasteiger partial charge on any atom is 0.240 e. The number of para-hydroxylation sites is 1. The van der Waals surface area contributed by atoms with Crippen LogP contribution >= 0.6 is 23.4 Å². The zero-order valence-corrected chi connectivity index (χ0v) is 25.8. The molecule has 1 aliphatic heterocycles. The van der Waals surface area contributed by atoms with Gasteiger partial charge in [0.05, 0.1) is 36.6 Å². The molecule has 0 bridgehead atoms. The van der Waals surface area contributed by atoms with Gasteiger partial charge in [-0.25, -0.2) is 4.68 Å². The molecule has 3 aromatic carbocycles. The fraction of sp³-hybridized carbons (Fsp3) is 0.281. The van der Waals surface area contributed by atoms with Crippen LogP contribution in [0.25, 0.3) is 16.9 Å². The molecule has 0 unspecified atom stereocenters. The third kappa shape index (κ3) is 6.66. The second-order valence-electron chi connectivity index (χ2n) is 9.81. The molecule has 43 heavy (non-hydrogen) atoms. The molecule has 0 radical (unpaired) electrons. The lowest BCUT2D eigenvalue weighted by molar-refractivity contribution is -0.122. The maximum atomic E-state index is 13.9. The SMILES string of the molecule is COCCCNC(=O)CN1C(=O)CS[C@H](c2ccccc2OC)c2c(-c3ccc(Cl)cc3)nn(-c3ccc(OC)cc3)c21. The summed E-state index contributed by atoms with van der Waals surface area (Å²) >= 11 is 7.74. The van der Waals surface area contributed by atoms with Crippen molar-refractivity contribution in [1.82, 2.24) is 15.1 Å². The Labute approximate surface area is 260 Å². The van der Waals surface area contributed by atoms with Gasteiger partial charge in [0.25, 0.3) is 0 Å². The molecule has 0 aliphatic carbocycles. The summed E-state index contributed by atoms with van der Waals surface area (Å²) in [6.45, 7) is 0.798. The first-order chi connectivity index (χ1) is 20.9. The number of carbonyl (C=O) groups is 2. The van der Waals surface area contributed by atoms with Crippen molar-refractivity contribution < 1.29 is 23.8 Å². The number of rotatable bonds is 11. The summed E-state index contributed by atoms with van der Waals surface area (Å²) in [5, 5.41) is 8.29. The number of ether oxygens (including phenoxy) is 3. The largest absolute Gasteiger partial charge is 0.497 e. The first-order valence-corrected chi connectivity index (χ1v) is 15.2. The average Bonchev–Trinajstić information content (AvgIpc) is 3.36. The second kappa shape index (κ2) is 14.0. The van der Waals surface area contributed by atoms with Gasteiger partial charge in [0.1, 0.15) is 23.9 Å². The molecule has 0 saturated carbocycles. The number of hydrogen-bond acceptors (Lipinski definition) is 7. The molecule has 0 saturated heterocycles. The number of halogens is 1. The molecular formula is C32H33ClN4O5S. The Morgan fingerprint density at radius 1 is 1.02 bits per heavy atom. The van der Waals surface area contributed by atoms with Gasteiger partial charge >= 0.3 is 0 Å². The number of nitrogens with one attached hydrogen (secondary N) is 1. The van der Waals surface area contributed by atoms with Crippen LogP contribution in [0, 0.1) is 0 Å². The van der Waals surface area contributed by atoms with Crippen molar-refractivity contribution in [1.29, 1.82) is 0 Å². The van der Waals surface area contributed by atoms with Crippen LogP contribution in [0.3, 0.4) is 0 Å². The van der Waals surface area contributed by atoms with Crippen molar-refractivity contribution in [3.63, 3.8) is 0 Å². The minimum absolute atomic E-state index is 0.150. The number of carbonyl (C=O) groups excluding carboxylic acids is 2. The first-order valence-electron chi connectivity index (χ1n) is 13.8. The van der Waals surface area contributed by atoms with E-state index in [4.69, 9.17) is 30.9 Å². The van der Waals surface area contributed by atoms with Gasteiger partial charge in [-0.3, -0.25) is 14.5 Å². The Morgan fingerprint density at radius 3 is 2.47 bits per heavy atom. The molecule has 0 fully saturated rings. The van der Waals surface area contributed by atoms with Crippen LogP contribution in [0.15, 0.2) is 72.8 Å². The topological polar surface area (TPSA) is 94.9 Å². The Kier molecular flexibility index (Phi) is 9.91. The van der Waals surface area contributed by atoms with E-state index in [1.807, 2.05) is 72.8 Å². The molecule has 1 aromatic heterocycles. The molecule has 224 valence electrons. The van der Waals surface area contributed by atoms with Crippen LogP contribution < -0.4 is 19.7 Å². The van der Waals surface area contributed by atoms with Gasteiger partial charge in [0, 0.05) is 42.0 Å². The van der Waals surface area contributed by atoms with Gasteiger partial charge in [-0.05, 0) is 48.9 Å². The van der Waals surface area contributed by atoms with Crippen molar-refractivity contribution >= 4 is 41.0 Å². The van der Waals surface area contributed by atoms with Crippen molar-refractivity contribution in [2.75, 3.05) is 51.7 Å². The number of nitrogens with zero attached hydrogens (tertiary/aromatic N) is 3. The molecule has 2 amide bonds. The van der Waals surface area contributed by atoms with E-state index in [9.17, 15) is 9.59 Å². The molecule has 0 spiro atoms. The number of thioether (sulfide) groups is 1. The van der Waals surface area contributed by atoms with Crippen molar-refractivity contribution in [3.8, 4) is 28.4 Å². The minimum atomic E-state index is -0.331. The predicted molar refractivity (Wildman–Crippen MR) is 170 cm³/mol. The lowest BCUT2D eigenvalue weighted by Gasteiger charge is -2.23. The smallest absolute Gasteiger partial charge is 0.240 e. The predicted octanol–water partition coefficient (Wildman–Crippen LogP) is 5.53. The van der Waals surface area contributed by atoms with E-state index in [1.54, 1.807) is 30.9 Å². The average molecular weight is 621 g/mol. The maximum absolute atomic E-state index is 13.9. The van der Waals surface area contributed by atoms with Crippen LogP contribution in [0.1, 0.15) is 22.8 Å². The molecule has 5 rings (SSSR count). The first kappa shape index (κ1) is 30.5. The Morgan fingerprint density at radius 2 is 1.77 bits per heavy atom. The monoisotopic (exact) mass is 620 g/mol. The van der Waals surface area contributed by atoms with Crippen LogP contribution in [0.2, 0.25) is 5.02 Å². The van der Waals surface area contributed by atoms with Gasteiger partial charge in [-0.1, -0.05) is 41.9 Å². The van der Waals surface area contributed by atoms with E-state index in [0.29, 0.717) is 53.3 Å². The molecule has 1 N–H and O–H groups in total. The number of methoxy groups -OCH3 is 3. The number of fused-ring (bicyclic) bond motifs is 1. The highest BCUT2D eigenvalue weighted by Crippen LogP contribution is 2.50. The second-order valence-corrected chi connectivity index (χ2v) is 11.3. The summed E-state index contributed by atoms with van der Waals surface area (Å²) in [6, 6.07) is 22.6. The van der Waals surface area contributed by atoms with Crippen LogP contribution in [-0.4, -0.2) is 68.4 Å². The van der Waals surface area contributed by atoms with E-state index >= 15 is 0 Å². The van der Waals surface area contributed by atoms with Crippen molar-refractivity contribution in [3.05, 3.63) is 88.9 Å². The number of benzene rings is 3. The van der Waals surface area contributed by atoms with E-state index in [1.165, 1.54) is 11.8 Å². The highest BCUT2D eigenvalue weighted by Gasteiger charge is 2.38. The fourth-order valence-corrected chi connectivity index (χ4v) is 6.37. The normalized spacial score (nSPS) is 14.7. The summed E-state index contributed by atoms with van der Waals surface area (Å²) in [7, 11) is 4.86. The number of hydrogen-bond donors (Lipinski definition) is 1. The molecule has 11 heteroatoms. The lowest BCUT2D eigenvalue weighted by Crippen LogP contribution is -2.42. The quantitative estimate of drug-likeness (QED) is 0.220. The van der Waals surface area contributed by atoms with Gasteiger partial charge < -0.3 is 19.5 Å². The minimum Gasteiger partial charge on any atom is -0.497 e. The Hall–Kier alpha value is -3.99. The van der Waals surface area contributed by atoms with Gasteiger partial charge in [-0.2, -0.15) is 5.10 Å². The molecule has 1 aliphatic rings.